The lowest BCUT2D eigenvalue weighted by Crippen LogP contribution is -2.51. The number of ether oxygens (including phenoxy) is 1. The second-order valence-corrected chi connectivity index (χ2v) is 6.23. The molecule has 0 amide bonds. The number of aryl methyl sites for hydroxylation is 2. The molecule has 0 spiro atoms. The molecule has 122 valence electrons. The molecule has 2 aromatic rings. The number of morpholine rings is 1. The minimum Gasteiger partial charge on any atom is -0.373 e. The maximum Gasteiger partial charge on any atom is 0.147 e. The van der Waals surface area contributed by atoms with Gasteiger partial charge in [-0.3, -0.25) is 9.88 Å². The van der Waals surface area contributed by atoms with Gasteiger partial charge in [-0.2, -0.15) is 0 Å². The molecule has 0 radical (unpaired) electrons. The van der Waals surface area contributed by atoms with Crippen LogP contribution in [0.4, 0.5) is 5.82 Å². The maximum atomic E-state index is 5.99. The van der Waals surface area contributed by atoms with Gasteiger partial charge in [-0.05, 0) is 13.8 Å². The summed E-state index contributed by atoms with van der Waals surface area (Å²) in [6.45, 7) is 8.29. The lowest BCUT2D eigenvalue weighted by atomic mass is 10.1. The lowest BCUT2D eigenvalue weighted by molar-refractivity contribution is 0.0303. The van der Waals surface area contributed by atoms with E-state index >= 15 is 0 Å². The molecule has 2 saturated heterocycles. The van der Waals surface area contributed by atoms with E-state index in [0.717, 1.165) is 50.1 Å². The van der Waals surface area contributed by atoms with Gasteiger partial charge in [0.25, 0.3) is 0 Å². The van der Waals surface area contributed by atoms with Crippen LogP contribution in [0.5, 0.6) is 0 Å². The molecule has 2 aromatic heterocycles. The molecule has 2 aliphatic heterocycles. The molecule has 2 aliphatic rings. The van der Waals surface area contributed by atoms with Crippen LogP contribution in [0.25, 0.3) is 0 Å². The summed E-state index contributed by atoms with van der Waals surface area (Å²) >= 11 is 0. The van der Waals surface area contributed by atoms with Gasteiger partial charge in [-0.25, -0.2) is 4.98 Å². The van der Waals surface area contributed by atoms with Crippen LogP contribution in [-0.4, -0.2) is 58.4 Å². The minimum atomic E-state index is 0.214. The highest BCUT2D eigenvalue weighted by molar-refractivity contribution is 5.39. The van der Waals surface area contributed by atoms with E-state index in [9.17, 15) is 0 Å². The van der Waals surface area contributed by atoms with E-state index in [2.05, 4.69) is 24.9 Å². The van der Waals surface area contributed by atoms with Gasteiger partial charge in [-0.1, -0.05) is 5.16 Å². The zero-order valence-electron chi connectivity index (χ0n) is 13.5. The van der Waals surface area contributed by atoms with Crippen molar-refractivity contribution in [2.24, 2.45) is 0 Å². The van der Waals surface area contributed by atoms with Crippen molar-refractivity contribution in [1.29, 1.82) is 0 Å². The van der Waals surface area contributed by atoms with E-state index in [-0.39, 0.29) is 6.10 Å². The molecular weight excluding hydrogens is 294 g/mol. The van der Waals surface area contributed by atoms with E-state index in [1.165, 1.54) is 5.56 Å². The van der Waals surface area contributed by atoms with E-state index in [1.54, 1.807) is 12.4 Å². The number of likely N-dealkylation sites (tertiary alicyclic amines) is 1. The average molecular weight is 315 g/mol. The molecule has 0 N–H and O–H groups in total. The molecule has 0 saturated carbocycles. The highest BCUT2D eigenvalue weighted by Crippen LogP contribution is 2.28. The van der Waals surface area contributed by atoms with Gasteiger partial charge in [0.05, 0.1) is 30.6 Å². The monoisotopic (exact) mass is 315 g/mol. The van der Waals surface area contributed by atoms with Crippen molar-refractivity contribution in [3.8, 4) is 0 Å². The van der Waals surface area contributed by atoms with E-state index < -0.39 is 0 Å². The number of fused-ring (bicyclic) bond motifs is 1. The fourth-order valence-corrected chi connectivity index (χ4v) is 3.57. The molecule has 0 unspecified atom stereocenters. The van der Waals surface area contributed by atoms with E-state index in [4.69, 9.17) is 9.26 Å². The van der Waals surface area contributed by atoms with Crippen molar-refractivity contribution in [2.45, 2.75) is 32.5 Å². The number of rotatable bonds is 3. The SMILES string of the molecule is Cc1noc(C)c1CN1C[C@@H]2OCCN(c3cnccn3)[C@@H]2C1. The number of hydrogen-bond acceptors (Lipinski definition) is 7. The Morgan fingerprint density at radius 1 is 1.26 bits per heavy atom. The fourth-order valence-electron chi connectivity index (χ4n) is 3.57. The molecule has 7 nitrogen and oxygen atoms in total. The first-order valence-corrected chi connectivity index (χ1v) is 8.00. The minimum absolute atomic E-state index is 0.214. The van der Waals surface area contributed by atoms with Crippen molar-refractivity contribution >= 4 is 5.82 Å². The van der Waals surface area contributed by atoms with Crippen LogP contribution in [0.15, 0.2) is 23.1 Å². The zero-order chi connectivity index (χ0) is 15.8. The highest BCUT2D eigenvalue weighted by Gasteiger charge is 2.41. The fraction of sp³-hybridized carbons (Fsp3) is 0.562. The second-order valence-electron chi connectivity index (χ2n) is 6.23. The molecule has 2 atom stereocenters. The second kappa shape index (κ2) is 5.90. The number of aromatic nitrogens is 3. The third kappa shape index (κ3) is 2.70. The van der Waals surface area contributed by atoms with Crippen LogP contribution in [0.1, 0.15) is 17.0 Å². The van der Waals surface area contributed by atoms with Crippen LogP contribution in [0, 0.1) is 13.8 Å². The summed E-state index contributed by atoms with van der Waals surface area (Å²) in [6, 6.07) is 0.320. The summed E-state index contributed by atoms with van der Waals surface area (Å²) < 4.78 is 11.3. The third-order valence-corrected chi connectivity index (χ3v) is 4.78. The standard InChI is InChI=1S/C16H21N5O2/c1-11-13(12(2)23-19-11)8-20-9-14-15(10-20)22-6-5-21(14)16-7-17-3-4-18-16/h3-4,7,14-15H,5-6,8-10H2,1-2H3/t14-,15+/m1/s1. The summed E-state index contributed by atoms with van der Waals surface area (Å²) in [5.74, 6) is 1.84. The third-order valence-electron chi connectivity index (χ3n) is 4.78. The smallest absolute Gasteiger partial charge is 0.147 e. The molecule has 4 rings (SSSR count). The summed E-state index contributed by atoms with van der Waals surface area (Å²) in [5, 5.41) is 4.05. The van der Waals surface area contributed by atoms with Gasteiger partial charge in [0.1, 0.15) is 11.6 Å². The first-order valence-electron chi connectivity index (χ1n) is 8.00. The first-order chi connectivity index (χ1) is 11.2. The Morgan fingerprint density at radius 2 is 2.17 bits per heavy atom. The van der Waals surface area contributed by atoms with Gasteiger partial charge in [0, 0.05) is 44.1 Å². The summed E-state index contributed by atoms with van der Waals surface area (Å²) in [6.07, 6.45) is 5.50. The quantitative estimate of drug-likeness (QED) is 0.842. The summed E-state index contributed by atoms with van der Waals surface area (Å²) in [4.78, 5) is 13.4. The Hall–Kier alpha value is -1.99. The number of anilines is 1. The number of nitrogens with zero attached hydrogens (tertiary/aromatic N) is 5. The molecule has 0 aromatic carbocycles. The Labute approximate surface area is 135 Å². The molecule has 2 fully saturated rings. The Bertz CT molecular complexity index is 655. The average Bonchev–Trinajstić information content (AvgIpc) is 3.13. The van der Waals surface area contributed by atoms with Gasteiger partial charge in [-0.15, -0.1) is 0 Å². The van der Waals surface area contributed by atoms with Crippen LogP contribution >= 0.6 is 0 Å². The van der Waals surface area contributed by atoms with Crippen molar-refractivity contribution in [2.75, 3.05) is 31.1 Å². The van der Waals surface area contributed by atoms with Gasteiger partial charge < -0.3 is 14.2 Å². The van der Waals surface area contributed by atoms with Gasteiger partial charge in [0.15, 0.2) is 0 Å². The number of hydrogen-bond donors (Lipinski definition) is 0. The van der Waals surface area contributed by atoms with Crippen molar-refractivity contribution in [3.63, 3.8) is 0 Å². The van der Waals surface area contributed by atoms with Gasteiger partial charge >= 0.3 is 0 Å². The lowest BCUT2D eigenvalue weighted by Gasteiger charge is -2.37. The first kappa shape index (κ1) is 14.6. The van der Waals surface area contributed by atoms with Crippen LogP contribution in [0.2, 0.25) is 0 Å². The summed E-state index contributed by atoms with van der Waals surface area (Å²) in [7, 11) is 0. The Kier molecular flexibility index (Phi) is 3.74. The Balaban J connectivity index is 1.51. The van der Waals surface area contributed by atoms with E-state index in [0.29, 0.717) is 6.04 Å². The van der Waals surface area contributed by atoms with Crippen LogP contribution in [0.3, 0.4) is 0 Å². The predicted molar refractivity (Wildman–Crippen MR) is 84.2 cm³/mol. The molecule has 7 heteroatoms. The molecule has 0 bridgehead atoms. The molecule has 4 heterocycles. The molecule has 0 aliphatic carbocycles. The zero-order valence-corrected chi connectivity index (χ0v) is 13.5. The van der Waals surface area contributed by atoms with Gasteiger partial charge in [0.2, 0.25) is 0 Å². The largest absolute Gasteiger partial charge is 0.373 e. The highest BCUT2D eigenvalue weighted by atomic mass is 16.5. The molecule has 23 heavy (non-hydrogen) atoms. The summed E-state index contributed by atoms with van der Waals surface area (Å²) in [5.41, 5.74) is 2.17. The van der Waals surface area contributed by atoms with Crippen molar-refractivity contribution < 1.29 is 9.26 Å². The normalized spacial score (nSPS) is 24.9. The maximum absolute atomic E-state index is 5.99. The topological polar surface area (TPSA) is 67.5 Å². The van der Waals surface area contributed by atoms with E-state index in [1.807, 2.05) is 20.0 Å². The predicted octanol–water partition coefficient (Wildman–Crippen LogP) is 1.17. The van der Waals surface area contributed by atoms with Crippen molar-refractivity contribution in [3.05, 3.63) is 35.6 Å². The van der Waals surface area contributed by atoms with Crippen LogP contribution in [-0.2, 0) is 11.3 Å². The van der Waals surface area contributed by atoms with Crippen molar-refractivity contribution in [1.82, 2.24) is 20.0 Å². The van der Waals surface area contributed by atoms with Crippen LogP contribution < -0.4 is 4.90 Å². The Morgan fingerprint density at radius 3 is 2.91 bits per heavy atom. The molecular formula is C16H21N5O2.